The quantitative estimate of drug-likeness (QED) is 0.610. The van der Waals surface area contributed by atoms with Crippen LogP contribution >= 0.6 is 0 Å². The highest BCUT2D eigenvalue weighted by Gasteiger charge is 2.11. The van der Waals surface area contributed by atoms with Crippen LogP contribution in [0, 0.1) is 0 Å². The Labute approximate surface area is 110 Å². The molecule has 0 heterocycles. The van der Waals surface area contributed by atoms with Gasteiger partial charge in [-0.2, -0.15) is 0 Å². The summed E-state index contributed by atoms with van der Waals surface area (Å²) in [6, 6.07) is 6.51. The fourth-order valence-electron chi connectivity index (χ4n) is 1.21. The first-order valence-corrected chi connectivity index (χ1v) is 5.38. The van der Waals surface area contributed by atoms with Crippen molar-refractivity contribution < 1.29 is 19.1 Å². The fraction of sp³-hybridized carbons (Fsp3) is 0.250. The van der Waals surface area contributed by atoms with Crippen LogP contribution < -0.4 is 15.4 Å². The molecule has 2 amide bonds. The lowest BCUT2D eigenvalue weighted by atomic mass is 10.2. The van der Waals surface area contributed by atoms with Crippen molar-refractivity contribution in [3.05, 3.63) is 29.8 Å². The highest BCUT2D eigenvalue weighted by molar-refractivity contribution is 6.08. The van der Waals surface area contributed by atoms with Gasteiger partial charge in [0.05, 0.1) is 14.2 Å². The Morgan fingerprint density at radius 1 is 1.11 bits per heavy atom. The average molecular weight is 265 g/mol. The molecule has 0 atom stereocenters. The summed E-state index contributed by atoms with van der Waals surface area (Å²) in [6.07, 6.45) is -0.712. The first kappa shape index (κ1) is 14.5. The number of nitrogens with zero attached hydrogens (tertiary/aromatic N) is 1. The monoisotopic (exact) mass is 265 g/mol. The van der Waals surface area contributed by atoms with Crippen LogP contribution in [0.5, 0.6) is 5.75 Å². The van der Waals surface area contributed by atoms with E-state index in [4.69, 9.17) is 4.74 Å². The van der Waals surface area contributed by atoms with Crippen LogP contribution in [0.1, 0.15) is 10.4 Å². The first-order valence-electron chi connectivity index (χ1n) is 5.38. The maximum Gasteiger partial charge on any atom is 0.413 e. The largest absolute Gasteiger partial charge is 0.497 e. The summed E-state index contributed by atoms with van der Waals surface area (Å²) in [6.45, 7) is 0. The van der Waals surface area contributed by atoms with E-state index < -0.39 is 12.0 Å². The van der Waals surface area contributed by atoms with Crippen molar-refractivity contribution in [2.24, 2.45) is 4.99 Å². The standard InChI is InChI=1S/C12H15N3O4/c1-13-11(15-12(17)19-3)14-10(16)8-4-6-9(18-2)7-5-8/h4-7H,1-3H3,(H2,13,14,15,16,17). The molecule has 1 rings (SSSR count). The van der Waals surface area contributed by atoms with Crippen molar-refractivity contribution in [2.45, 2.75) is 0 Å². The summed E-state index contributed by atoms with van der Waals surface area (Å²) >= 11 is 0. The van der Waals surface area contributed by atoms with Gasteiger partial charge in [-0.3, -0.25) is 20.4 Å². The van der Waals surface area contributed by atoms with Crippen molar-refractivity contribution >= 4 is 18.0 Å². The van der Waals surface area contributed by atoms with Crippen LogP contribution in [-0.2, 0) is 4.74 Å². The van der Waals surface area contributed by atoms with Gasteiger partial charge in [0, 0.05) is 12.6 Å². The number of carbonyl (C=O) groups excluding carboxylic acids is 2. The van der Waals surface area contributed by atoms with E-state index in [2.05, 4.69) is 20.4 Å². The third-order valence-corrected chi connectivity index (χ3v) is 2.21. The molecule has 7 nitrogen and oxygen atoms in total. The number of methoxy groups -OCH3 is 2. The zero-order valence-corrected chi connectivity index (χ0v) is 10.9. The maximum atomic E-state index is 11.9. The second-order valence-electron chi connectivity index (χ2n) is 3.37. The predicted octanol–water partition coefficient (Wildman–Crippen LogP) is 0.767. The fourth-order valence-corrected chi connectivity index (χ4v) is 1.21. The molecule has 0 radical (unpaired) electrons. The van der Waals surface area contributed by atoms with Gasteiger partial charge in [0.1, 0.15) is 5.75 Å². The Morgan fingerprint density at radius 3 is 2.21 bits per heavy atom. The van der Waals surface area contributed by atoms with E-state index >= 15 is 0 Å². The molecule has 0 unspecified atom stereocenters. The molecule has 0 fully saturated rings. The molecule has 102 valence electrons. The van der Waals surface area contributed by atoms with Gasteiger partial charge in [-0.25, -0.2) is 4.79 Å². The van der Waals surface area contributed by atoms with E-state index in [1.54, 1.807) is 24.3 Å². The SMILES string of the molecule is CN=C(NC(=O)OC)NC(=O)c1ccc(OC)cc1. The van der Waals surface area contributed by atoms with Crippen LogP contribution in [0.3, 0.4) is 0 Å². The third kappa shape index (κ3) is 4.30. The lowest BCUT2D eigenvalue weighted by molar-refractivity contribution is 0.0976. The van der Waals surface area contributed by atoms with E-state index in [0.717, 1.165) is 0 Å². The molecule has 0 aliphatic rings. The number of aliphatic imine (C=N–C) groups is 1. The van der Waals surface area contributed by atoms with Crippen molar-refractivity contribution in [1.82, 2.24) is 10.6 Å². The van der Waals surface area contributed by atoms with Gasteiger partial charge in [-0.05, 0) is 24.3 Å². The number of benzene rings is 1. The summed E-state index contributed by atoms with van der Waals surface area (Å²) in [5.74, 6) is 0.251. The van der Waals surface area contributed by atoms with Gasteiger partial charge < -0.3 is 9.47 Å². The molecule has 0 saturated heterocycles. The Hall–Kier alpha value is -2.57. The van der Waals surface area contributed by atoms with Crippen LogP contribution in [0.4, 0.5) is 4.79 Å². The molecule has 0 aliphatic heterocycles. The van der Waals surface area contributed by atoms with Gasteiger partial charge in [-0.1, -0.05) is 0 Å². The summed E-state index contributed by atoms with van der Waals surface area (Å²) < 4.78 is 9.39. The number of alkyl carbamates (subject to hydrolysis) is 1. The predicted molar refractivity (Wildman–Crippen MR) is 69.4 cm³/mol. The average Bonchev–Trinajstić information content (AvgIpc) is 2.46. The third-order valence-electron chi connectivity index (χ3n) is 2.21. The van der Waals surface area contributed by atoms with Gasteiger partial charge in [0.25, 0.3) is 5.91 Å². The molecule has 19 heavy (non-hydrogen) atoms. The Kier molecular flexibility index (Phi) is 5.34. The Morgan fingerprint density at radius 2 is 1.74 bits per heavy atom. The number of amides is 2. The Balaban J connectivity index is 2.69. The first-order chi connectivity index (χ1) is 9.10. The highest BCUT2D eigenvalue weighted by Crippen LogP contribution is 2.10. The topological polar surface area (TPSA) is 89.0 Å². The molecular formula is C12H15N3O4. The zero-order chi connectivity index (χ0) is 14.3. The number of carbonyl (C=O) groups is 2. The minimum absolute atomic E-state index is 0.00710. The van der Waals surface area contributed by atoms with Crippen LogP contribution in [0.25, 0.3) is 0 Å². The maximum absolute atomic E-state index is 11.9. The minimum atomic E-state index is -0.712. The van der Waals surface area contributed by atoms with Crippen LogP contribution in [0.15, 0.2) is 29.3 Å². The van der Waals surface area contributed by atoms with Crippen molar-refractivity contribution in [2.75, 3.05) is 21.3 Å². The lowest BCUT2D eigenvalue weighted by Gasteiger charge is -2.09. The molecule has 0 aliphatic carbocycles. The number of hydrogen-bond acceptors (Lipinski definition) is 5. The van der Waals surface area contributed by atoms with Crippen LogP contribution in [0.2, 0.25) is 0 Å². The summed E-state index contributed by atoms with van der Waals surface area (Å²) in [7, 11) is 4.19. The number of guanidine groups is 1. The molecule has 0 aromatic heterocycles. The molecule has 1 aromatic carbocycles. The molecule has 7 heteroatoms. The highest BCUT2D eigenvalue weighted by atomic mass is 16.5. The number of rotatable bonds is 2. The van der Waals surface area contributed by atoms with E-state index in [0.29, 0.717) is 11.3 Å². The van der Waals surface area contributed by atoms with E-state index in [-0.39, 0.29) is 5.96 Å². The van der Waals surface area contributed by atoms with Crippen molar-refractivity contribution in [1.29, 1.82) is 0 Å². The minimum Gasteiger partial charge on any atom is -0.497 e. The Bertz CT molecular complexity index is 482. The van der Waals surface area contributed by atoms with E-state index in [1.165, 1.54) is 21.3 Å². The molecule has 0 saturated carbocycles. The van der Waals surface area contributed by atoms with Gasteiger partial charge in [0.2, 0.25) is 5.96 Å². The number of nitrogens with one attached hydrogen (secondary N) is 2. The van der Waals surface area contributed by atoms with Crippen molar-refractivity contribution in [3.8, 4) is 5.75 Å². The summed E-state index contributed by atoms with van der Waals surface area (Å²) in [4.78, 5) is 26.6. The molecule has 2 N–H and O–H groups in total. The van der Waals surface area contributed by atoms with Crippen molar-refractivity contribution in [3.63, 3.8) is 0 Å². The number of ether oxygens (including phenoxy) is 2. The van der Waals surface area contributed by atoms with E-state index in [1.807, 2.05) is 0 Å². The summed E-state index contributed by atoms with van der Waals surface area (Å²) in [5.41, 5.74) is 0.411. The molecule has 0 bridgehead atoms. The smallest absolute Gasteiger partial charge is 0.413 e. The normalized spacial score (nSPS) is 10.6. The second-order valence-corrected chi connectivity index (χ2v) is 3.37. The number of hydrogen-bond donors (Lipinski definition) is 2. The second kappa shape index (κ2) is 7.00. The summed E-state index contributed by atoms with van der Waals surface area (Å²) in [5, 5.41) is 4.72. The van der Waals surface area contributed by atoms with Gasteiger partial charge >= 0.3 is 6.09 Å². The van der Waals surface area contributed by atoms with Gasteiger partial charge in [-0.15, -0.1) is 0 Å². The molecule has 1 aromatic rings. The van der Waals surface area contributed by atoms with Crippen LogP contribution in [-0.4, -0.2) is 39.2 Å². The van der Waals surface area contributed by atoms with E-state index in [9.17, 15) is 9.59 Å². The zero-order valence-electron chi connectivity index (χ0n) is 10.9. The lowest BCUT2D eigenvalue weighted by Crippen LogP contribution is -2.43. The molecule has 0 spiro atoms. The van der Waals surface area contributed by atoms with Gasteiger partial charge in [0.15, 0.2) is 0 Å². The molecular weight excluding hydrogens is 250 g/mol.